The van der Waals surface area contributed by atoms with Crippen molar-refractivity contribution >= 4 is 16.7 Å². The van der Waals surface area contributed by atoms with E-state index in [1.807, 2.05) is 0 Å². The molecule has 1 aliphatic rings. The molecular weight excluding hydrogens is 280 g/mol. The van der Waals surface area contributed by atoms with E-state index in [0.717, 1.165) is 19.5 Å². The maximum atomic E-state index is 12.4. The SMILES string of the molecule is CCN1CCCC1CNC(=O)c1n[nH]c(=O)c2ccccc12. The number of rotatable bonds is 4. The largest absolute Gasteiger partial charge is 0.349 e. The Hall–Kier alpha value is -2.21. The second kappa shape index (κ2) is 6.27. The fraction of sp³-hybridized carbons (Fsp3) is 0.438. The zero-order chi connectivity index (χ0) is 15.5. The second-order valence-corrected chi connectivity index (χ2v) is 5.58. The summed E-state index contributed by atoms with van der Waals surface area (Å²) in [5.41, 5.74) is -0.00338. The van der Waals surface area contributed by atoms with Gasteiger partial charge in [-0.3, -0.25) is 14.5 Å². The first kappa shape index (κ1) is 14.7. The molecule has 6 heteroatoms. The standard InChI is InChI=1S/C16H20N4O2/c1-2-20-9-5-6-11(20)10-17-16(22)14-12-7-3-4-8-13(12)15(21)19-18-14/h3-4,7-8,11H,2,5-6,9-10H2,1H3,(H,17,22)(H,19,21). The van der Waals surface area contributed by atoms with Gasteiger partial charge >= 0.3 is 0 Å². The van der Waals surface area contributed by atoms with Crippen molar-refractivity contribution < 1.29 is 4.79 Å². The summed E-state index contributed by atoms with van der Waals surface area (Å²) in [4.78, 5) is 26.5. The highest BCUT2D eigenvalue weighted by molar-refractivity contribution is 6.04. The van der Waals surface area contributed by atoms with Crippen LogP contribution in [0.15, 0.2) is 29.1 Å². The van der Waals surface area contributed by atoms with Crippen LogP contribution >= 0.6 is 0 Å². The van der Waals surface area contributed by atoms with E-state index in [0.29, 0.717) is 23.4 Å². The van der Waals surface area contributed by atoms with E-state index >= 15 is 0 Å². The number of nitrogens with one attached hydrogen (secondary N) is 2. The Morgan fingerprint density at radius 2 is 2.18 bits per heavy atom. The van der Waals surface area contributed by atoms with Gasteiger partial charge in [-0.05, 0) is 32.0 Å². The van der Waals surface area contributed by atoms with E-state index in [1.54, 1.807) is 24.3 Å². The number of carbonyl (C=O) groups is 1. The van der Waals surface area contributed by atoms with Crippen molar-refractivity contribution in [3.63, 3.8) is 0 Å². The van der Waals surface area contributed by atoms with Gasteiger partial charge in [0.25, 0.3) is 11.5 Å². The van der Waals surface area contributed by atoms with Crippen LogP contribution in [0.3, 0.4) is 0 Å². The van der Waals surface area contributed by atoms with E-state index < -0.39 is 0 Å². The van der Waals surface area contributed by atoms with Crippen molar-refractivity contribution in [2.75, 3.05) is 19.6 Å². The molecule has 0 aliphatic carbocycles. The average Bonchev–Trinajstić information content (AvgIpc) is 3.01. The number of likely N-dealkylation sites (N-methyl/N-ethyl adjacent to an activating group) is 1. The molecule has 3 rings (SSSR count). The minimum absolute atomic E-state index is 0.240. The van der Waals surface area contributed by atoms with Crippen molar-refractivity contribution in [2.24, 2.45) is 0 Å². The van der Waals surface area contributed by atoms with Crippen LogP contribution in [-0.4, -0.2) is 46.7 Å². The van der Waals surface area contributed by atoms with Gasteiger partial charge in [-0.1, -0.05) is 25.1 Å². The first-order valence-corrected chi connectivity index (χ1v) is 7.70. The van der Waals surface area contributed by atoms with Crippen LogP contribution in [0.25, 0.3) is 10.8 Å². The van der Waals surface area contributed by atoms with Crippen LogP contribution in [0.5, 0.6) is 0 Å². The molecule has 0 saturated carbocycles. The van der Waals surface area contributed by atoms with E-state index in [4.69, 9.17) is 0 Å². The molecule has 1 saturated heterocycles. The van der Waals surface area contributed by atoms with Crippen LogP contribution in [0, 0.1) is 0 Å². The lowest BCUT2D eigenvalue weighted by atomic mass is 10.1. The summed E-state index contributed by atoms with van der Waals surface area (Å²) in [5.74, 6) is -0.240. The van der Waals surface area contributed by atoms with Crippen LogP contribution in [0.1, 0.15) is 30.3 Å². The Morgan fingerprint density at radius 3 is 2.95 bits per heavy atom. The number of fused-ring (bicyclic) bond motifs is 1. The van der Waals surface area contributed by atoms with Crippen LogP contribution in [-0.2, 0) is 0 Å². The Kier molecular flexibility index (Phi) is 4.20. The average molecular weight is 300 g/mol. The van der Waals surface area contributed by atoms with Gasteiger partial charge in [0.05, 0.1) is 5.39 Å². The summed E-state index contributed by atoms with van der Waals surface area (Å²) >= 11 is 0. The van der Waals surface area contributed by atoms with Gasteiger partial charge in [0.2, 0.25) is 0 Å². The predicted molar refractivity (Wildman–Crippen MR) is 85.0 cm³/mol. The molecule has 2 aromatic rings. The lowest BCUT2D eigenvalue weighted by Gasteiger charge is -2.22. The topological polar surface area (TPSA) is 78.1 Å². The summed E-state index contributed by atoms with van der Waals surface area (Å²) in [6.45, 7) is 4.84. The quantitative estimate of drug-likeness (QED) is 0.887. The van der Waals surface area contributed by atoms with Crippen molar-refractivity contribution in [3.05, 3.63) is 40.3 Å². The van der Waals surface area contributed by atoms with Crippen LogP contribution in [0.2, 0.25) is 0 Å². The zero-order valence-corrected chi connectivity index (χ0v) is 12.6. The van der Waals surface area contributed by atoms with Crippen molar-refractivity contribution in [1.82, 2.24) is 20.4 Å². The summed E-state index contributed by atoms with van der Waals surface area (Å²) in [6, 6.07) is 7.42. The van der Waals surface area contributed by atoms with Gasteiger partial charge in [-0.25, -0.2) is 5.10 Å². The van der Waals surface area contributed by atoms with Crippen molar-refractivity contribution in [3.8, 4) is 0 Å². The van der Waals surface area contributed by atoms with Gasteiger partial charge < -0.3 is 5.32 Å². The molecule has 1 amide bonds. The molecule has 2 heterocycles. The molecule has 1 atom stereocenters. The molecule has 1 unspecified atom stereocenters. The molecule has 0 radical (unpaired) electrons. The third kappa shape index (κ3) is 2.74. The number of aromatic nitrogens is 2. The van der Waals surface area contributed by atoms with E-state index in [9.17, 15) is 9.59 Å². The molecular formula is C16H20N4O2. The Labute approximate surface area is 128 Å². The Balaban J connectivity index is 1.78. The highest BCUT2D eigenvalue weighted by Gasteiger charge is 2.24. The van der Waals surface area contributed by atoms with E-state index in [-0.39, 0.29) is 17.2 Å². The van der Waals surface area contributed by atoms with Crippen LogP contribution < -0.4 is 10.9 Å². The minimum atomic E-state index is -0.278. The molecule has 116 valence electrons. The minimum Gasteiger partial charge on any atom is -0.349 e. The third-order valence-electron chi connectivity index (χ3n) is 4.31. The number of hydrogen-bond acceptors (Lipinski definition) is 4. The molecule has 0 bridgehead atoms. The maximum Gasteiger partial charge on any atom is 0.272 e. The fourth-order valence-corrected chi connectivity index (χ4v) is 3.12. The number of hydrogen-bond donors (Lipinski definition) is 2. The molecule has 0 spiro atoms. The lowest BCUT2D eigenvalue weighted by molar-refractivity contribution is 0.0937. The van der Waals surface area contributed by atoms with Crippen LogP contribution in [0.4, 0.5) is 0 Å². The Bertz CT molecular complexity index is 740. The summed E-state index contributed by atoms with van der Waals surface area (Å²) < 4.78 is 0. The normalized spacial score (nSPS) is 18.7. The fourth-order valence-electron chi connectivity index (χ4n) is 3.12. The van der Waals surface area contributed by atoms with Crippen molar-refractivity contribution in [1.29, 1.82) is 0 Å². The highest BCUT2D eigenvalue weighted by Crippen LogP contribution is 2.16. The zero-order valence-electron chi connectivity index (χ0n) is 12.6. The number of likely N-dealkylation sites (tertiary alicyclic amines) is 1. The number of H-pyrrole nitrogens is 1. The first-order valence-electron chi connectivity index (χ1n) is 7.70. The lowest BCUT2D eigenvalue weighted by Crippen LogP contribution is -2.40. The first-order chi connectivity index (χ1) is 10.7. The molecule has 6 nitrogen and oxygen atoms in total. The van der Waals surface area contributed by atoms with Gasteiger partial charge in [-0.15, -0.1) is 0 Å². The van der Waals surface area contributed by atoms with E-state index in [2.05, 4.69) is 27.3 Å². The summed E-state index contributed by atoms with van der Waals surface area (Å²) in [6.07, 6.45) is 2.28. The molecule has 22 heavy (non-hydrogen) atoms. The molecule has 1 aromatic heterocycles. The second-order valence-electron chi connectivity index (χ2n) is 5.58. The maximum absolute atomic E-state index is 12.4. The molecule has 2 N–H and O–H groups in total. The molecule has 1 aliphatic heterocycles. The molecule has 1 aromatic carbocycles. The highest BCUT2D eigenvalue weighted by atomic mass is 16.2. The smallest absolute Gasteiger partial charge is 0.272 e. The van der Waals surface area contributed by atoms with E-state index in [1.165, 1.54) is 6.42 Å². The monoisotopic (exact) mass is 300 g/mol. The number of carbonyl (C=O) groups excluding carboxylic acids is 1. The van der Waals surface area contributed by atoms with Gasteiger partial charge in [0.15, 0.2) is 5.69 Å². The van der Waals surface area contributed by atoms with Gasteiger partial charge in [0.1, 0.15) is 0 Å². The van der Waals surface area contributed by atoms with Crippen molar-refractivity contribution in [2.45, 2.75) is 25.8 Å². The molecule has 1 fully saturated rings. The number of benzene rings is 1. The number of nitrogens with zero attached hydrogens (tertiary/aromatic N) is 2. The van der Waals surface area contributed by atoms with Gasteiger partial charge in [0, 0.05) is 18.0 Å². The number of amides is 1. The summed E-state index contributed by atoms with van der Waals surface area (Å²) in [5, 5.41) is 10.3. The number of aromatic amines is 1. The third-order valence-corrected chi connectivity index (χ3v) is 4.31. The summed E-state index contributed by atoms with van der Waals surface area (Å²) in [7, 11) is 0. The predicted octanol–water partition coefficient (Wildman–Crippen LogP) is 1.14. The van der Waals surface area contributed by atoms with Gasteiger partial charge in [-0.2, -0.15) is 5.10 Å². The Morgan fingerprint density at radius 1 is 1.41 bits per heavy atom.